The van der Waals surface area contributed by atoms with Crippen LogP contribution >= 0.6 is 0 Å². The van der Waals surface area contributed by atoms with Gasteiger partial charge in [0.2, 0.25) is 11.8 Å². The normalized spacial score (nSPS) is 33.3. The van der Waals surface area contributed by atoms with Gasteiger partial charge in [-0.3, -0.25) is 9.59 Å². The molecule has 2 aliphatic rings. The van der Waals surface area contributed by atoms with E-state index >= 15 is 0 Å². The Morgan fingerprint density at radius 3 is 2.69 bits per heavy atom. The molecule has 0 aromatic rings. The molecule has 2 atom stereocenters. The lowest BCUT2D eigenvalue weighted by Crippen LogP contribution is -2.67. The van der Waals surface area contributed by atoms with Crippen LogP contribution in [0.3, 0.4) is 0 Å². The monoisotopic (exact) mass is 226 g/mol. The highest BCUT2D eigenvalue weighted by Crippen LogP contribution is 2.45. The number of hydrogen-bond donors (Lipinski definition) is 1. The van der Waals surface area contributed by atoms with E-state index in [1.165, 1.54) is 0 Å². The van der Waals surface area contributed by atoms with Gasteiger partial charge >= 0.3 is 0 Å². The second-order valence-electron chi connectivity index (χ2n) is 5.10. The molecule has 1 saturated heterocycles. The van der Waals surface area contributed by atoms with Crippen molar-refractivity contribution < 1.29 is 14.3 Å². The third kappa shape index (κ3) is 1.59. The SMILES string of the molecule is COC1CC(N2CC(=O)NCC2=O)C1(C)C. The molecule has 16 heavy (non-hydrogen) atoms. The average molecular weight is 226 g/mol. The standard InChI is InChI=1S/C11H18N2O3/c1-11(2)7(4-8(11)16-3)13-6-9(14)12-5-10(13)15/h7-8H,4-6H2,1-3H3,(H,12,14). The van der Waals surface area contributed by atoms with Crippen molar-refractivity contribution in [3.05, 3.63) is 0 Å². The van der Waals surface area contributed by atoms with Gasteiger partial charge in [-0.05, 0) is 6.42 Å². The highest BCUT2D eigenvalue weighted by molar-refractivity contribution is 5.92. The maximum absolute atomic E-state index is 11.7. The summed E-state index contributed by atoms with van der Waals surface area (Å²) in [5.41, 5.74) is -0.0674. The Balaban J connectivity index is 2.08. The number of nitrogens with one attached hydrogen (secondary N) is 1. The smallest absolute Gasteiger partial charge is 0.242 e. The molecule has 5 heteroatoms. The molecule has 0 aromatic carbocycles. The van der Waals surface area contributed by atoms with E-state index in [4.69, 9.17) is 4.74 Å². The molecule has 0 spiro atoms. The molecular formula is C11H18N2O3. The van der Waals surface area contributed by atoms with Gasteiger partial charge in [0.25, 0.3) is 0 Å². The fourth-order valence-corrected chi connectivity index (χ4v) is 2.65. The van der Waals surface area contributed by atoms with Gasteiger partial charge in [-0.15, -0.1) is 0 Å². The van der Waals surface area contributed by atoms with Gasteiger partial charge in [0.15, 0.2) is 0 Å². The van der Waals surface area contributed by atoms with E-state index in [2.05, 4.69) is 19.2 Å². The van der Waals surface area contributed by atoms with Crippen molar-refractivity contribution in [1.29, 1.82) is 0 Å². The second-order valence-corrected chi connectivity index (χ2v) is 5.10. The first-order chi connectivity index (χ1) is 7.46. The van der Waals surface area contributed by atoms with E-state index in [9.17, 15) is 9.59 Å². The lowest BCUT2D eigenvalue weighted by atomic mass is 9.63. The van der Waals surface area contributed by atoms with E-state index in [1.807, 2.05) is 0 Å². The molecule has 0 bridgehead atoms. The van der Waals surface area contributed by atoms with E-state index in [0.29, 0.717) is 0 Å². The maximum atomic E-state index is 11.7. The van der Waals surface area contributed by atoms with Crippen LogP contribution in [-0.2, 0) is 14.3 Å². The molecule has 1 aliphatic heterocycles. The molecule has 1 heterocycles. The van der Waals surface area contributed by atoms with Gasteiger partial charge in [0, 0.05) is 18.6 Å². The average Bonchev–Trinajstić information content (AvgIpc) is 2.22. The van der Waals surface area contributed by atoms with Crippen LogP contribution in [0.4, 0.5) is 0 Å². The van der Waals surface area contributed by atoms with Crippen LogP contribution in [-0.4, -0.2) is 49.1 Å². The largest absolute Gasteiger partial charge is 0.381 e. The van der Waals surface area contributed by atoms with Crippen LogP contribution < -0.4 is 5.32 Å². The zero-order chi connectivity index (χ0) is 11.9. The van der Waals surface area contributed by atoms with E-state index < -0.39 is 0 Å². The summed E-state index contributed by atoms with van der Waals surface area (Å²) in [7, 11) is 1.69. The van der Waals surface area contributed by atoms with Gasteiger partial charge in [0.05, 0.1) is 19.2 Å². The molecule has 1 N–H and O–H groups in total. The Labute approximate surface area is 95.1 Å². The Morgan fingerprint density at radius 1 is 1.44 bits per heavy atom. The van der Waals surface area contributed by atoms with Gasteiger partial charge < -0.3 is 15.0 Å². The van der Waals surface area contributed by atoms with E-state index in [-0.39, 0.29) is 42.5 Å². The summed E-state index contributed by atoms with van der Waals surface area (Å²) in [6.07, 6.45) is 0.998. The van der Waals surface area contributed by atoms with E-state index in [1.54, 1.807) is 12.0 Å². The number of carbonyl (C=O) groups excluding carboxylic acids is 2. The van der Waals surface area contributed by atoms with Gasteiger partial charge in [-0.1, -0.05) is 13.8 Å². The number of amides is 2. The first-order valence-corrected chi connectivity index (χ1v) is 5.55. The van der Waals surface area contributed by atoms with Gasteiger partial charge in [0.1, 0.15) is 0 Å². The molecular weight excluding hydrogens is 208 g/mol. The Morgan fingerprint density at radius 2 is 2.12 bits per heavy atom. The summed E-state index contributed by atoms with van der Waals surface area (Å²) >= 11 is 0. The number of carbonyl (C=O) groups is 2. The molecule has 0 radical (unpaired) electrons. The zero-order valence-corrected chi connectivity index (χ0v) is 9.95. The summed E-state index contributed by atoms with van der Waals surface area (Å²) in [6.45, 7) is 4.47. The molecule has 2 amide bonds. The van der Waals surface area contributed by atoms with E-state index in [0.717, 1.165) is 6.42 Å². The summed E-state index contributed by atoms with van der Waals surface area (Å²) in [6, 6.07) is 0.121. The summed E-state index contributed by atoms with van der Waals surface area (Å²) in [5, 5.41) is 2.56. The summed E-state index contributed by atoms with van der Waals surface area (Å²) in [5.74, 6) is -0.0662. The van der Waals surface area contributed by atoms with Crippen molar-refractivity contribution in [3.63, 3.8) is 0 Å². The molecule has 2 rings (SSSR count). The zero-order valence-electron chi connectivity index (χ0n) is 9.95. The number of methoxy groups -OCH3 is 1. The minimum atomic E-state index is -0.0729. The first-order valence-electron chi connectivity index (χ1n) is 5.55. The highest BCUT2D eigenvalue weighted by Gasteiger charge is 2.53. The molecule has 2 fully saturated rings. The minimum absolute atomic E-state index is 0.00669. The van der Waals surface area contributed by atoms with Crippen LogP contribution in [0.1, 0.15) is 20.3 Å². The first kappa shape index (κ1) is 11.4. The number of nitrogens with zero attached hydrogens (tertiary/aromatic N) is 1. The van der Waals surface area contributed by atoms with Crippen molar-refractivity contribution in [2.24, 2.45) is 5.41 Å². The fraction of sp³-hybridized carbons (Fsp3) is 0.818. The van der Waals surface area contributed by atoms with Crippen LogP contribution in [0.5, 0.6) is 0 Å². The number of piperazine rings is 1. The molecule has 1 aliphatic carbocycles. The predicted molar refractivity (Wildman–Crippen MR) is 57.7 cm³/mol. The molecule has 1 saturated carbocycles. The van der Waals surface area contributed by atoms with Crippen LogP contribution in [0, 0.1) is 5.41 Å². The van der Waals surface area contributed by atoms with Gasteiger partial charge in [-0.25, -0.2) is 0 Å². The predicted octanol–water partition coefficient (Wildman–Crippen LogP) is -0.242. The maximum Gasteiger partial charge on any atom is 0.242 e. The van der Waals surface area contributed by atoms with Crippen molar-refractivity contribution in [1.82, 2.24) is 10.2 Å². The number of rotatable bonds is 2. The van der Waals surface area contributed by atoms with Crippen molar-refractivity contribution in [3.8, 4) is 0 Å². The molecule has 5 nitrogen and oxygen atoms in total. The Kier molecular flexibility index (Phi) is 2.66. The molecule has 2 unspecified atom stereocenters. The summed E-state index contributed by atoms with van der Waals surface area (Å²) < 4.78 is 5.35. The van der Waals surface area contributed by atoms with Crippen LogP contribution in [0.25, 0.3) is 0 Å². The van der Waals surface area contributed by atoms with Gasteiger partial charge in [-0.2, -0.15) is 0 Å². The lowest BCUT2D eigenvalue weighted by Gasteiger charge is -2.55. The number of hydrogen-bond acceptors (Lipinski definition) is 3. The topological polar surface area (TPSA) is 58.6 Å². The minimum Gasteiger partial charge on any atom is -0.381 e. The quantitative estimate of drug-likeness (QED) is 0.707. The van der Waals surface area contributed by atoms with Crippen molar-refractivity contribution in [2.45, 2.75) is 32.4 Å². The lowest BCUT2D eigenvalue weighted by molar-refractivity contribution is -0.167. The summed E-state index contributed by atoms with van der Waals surface area (Å²) in [4.78, 5) is 24.7. The van der Waals surface area contributed by atoms with Crippen LogP contribution in [0.2, 0.25) is 0 Å². The third-order valence-corrected chi connectivity index (χ3v) is 3.86. The molecule has 0 aromatic heterocycles. The van der Waals surface area contributed by atoms with Crippen molar-refractivity contribution >= 4 is 11.8 Å². The highest BCUT2D eigenvalue weighted by atomic mass is 16.5. The van der Waals surface area contributed by atoms with Crippen molar-refractivity contribution in [2.75, 3.05) is 20.2 Å². The Hall–Kier alpha value is -1.10. The number of ether oxygens (including phenoxy) is 1. The second kappa shape index (κ2) is 3.73. The molecule has 90 valence electrons. The fourth-order valence-electron chi connectivity index (χ4n) is 2.65. The van der Waals surface area contributed by atoms with Crippen LogP contribution in [0.15, 0.2) is 0 Å². The Bertz CT molecular complexity index is 327. The third-order valence-electron chi connectivity index (χ3n) is 3.86.